The number of nitrogens with one attached hydrogen (secondary N) is 1. The molecule has 1 aliphatic heterocycles. The molecule has 0 radical (unpaired) electrons. The van der Waals surface area contributed by atoms with Crippen molar-refractivity contribution in [3.63, 3.8) is 0 Å². The van der Waals surface area contributed by atoms with Crippen molar-refractivity contribution in [2.75, 3.05) is 38.9 Å². The minimum atomic E-state index is -0.666. The molecule has 1 aromatic heterocycles. The molecule has 1 saturated heterocycles. The Labute approximate surface area is 197 Å². The average molecular weight is 464 g/mol. The lowest BCUT2D eigenvalue weighted by atomic mass is 10.00. The summed E-state index contributed by atoms with van der Waals surface area (Å²) in [6.45, 7) is 8.13. The number of H-pyrrole nitrogens is 1. The van der Waals surface area contributed by atoms with Gasteiger partial charge in [0.15, 0.2) is 6.79 Å². The van der Waals surface area contributed by atoms with Crippen LogP contribution >= 0.6 is 0 Å². The minimum Gasteiger partial charge on any atom is -0.468 e. The van der Waals surface area contributed by atoms with Gasteiger partial charge in [0.2, 0.25) is 11.6 Å². The molecule has 34 heavy (non-hydrogen) atoms. The van der Waals surface area contributed by atoms with E-state index in [1.54, 1.807) is 30.3 Å². The molecule has 4 rings (SSSR count). The fourth-order valence-electron chi connectivity index (χ4n) is 4.22. The van der Waals surface area contributed by atoms with E-state index in [2.05, 4.69) is 28.8 Å². The summed E-state index contributed by atoms with van der Waals surface area (Å²) >= 11 is 0. The monoisotopic (exact) mass is 463 g/mol. The van der Waals surface area contributed by atoms with E-state index < -0.39 is 12.6 Å². The van der Waals surface area contributed by atoms with Gasteiger partial charge in [-0.3, -0.25) is 9.78 Å². The van der Waals surface area contributed by atoms with Crippen LogP contribution < -0.4 is 15.2 Å². The summed E-state index contributed by atoms with van der Waals surface area (Å²) in [4.78, 5) is 28.4. The van der Waals surface area contributed by atoms with E-state index in [-0.39, 0.29) is 16.8 Å². The molecule has 2 aromatic carbocycles. The Morgan fingerprint density at radius 1 is 1.21 bits per heavy atom. The van der Waals surface area contributed by atoms with Crippen molar-refractivity contribution in [1.82, 2.24) is 14.9 Å². The Hall–Kier alpha value is -3.74. The number of hydrogen-bond donors (Lipinski definition) is 2. The molecule has 1 aliphatic rings. The van der Waals surface area contributed by atoms with Gasteiger partial charge in [0.25, 0.3) is 5.56 Å². The molecule has 1 fully saturated rings. The number of aromatic nitrogens is 2. The maximum absolute atomic E-state index is 14.5. The lowest BCUT2D eigenvalue weighted by molar-refractivity contribution is 0.0985. The number of piperidine rings is 1. The molecule has 2 N–H and O–H groups in total. The lowest BCUT2D eigenvalue weighted by Crippen LogP contribution is -2.43. The number of aromatic amines is 1. The molecule has 3 aromatic rings. The maximum atomic E-state index is 14.5. The van der Waals surface area contributed by atoms with Crippen LogP contribution in [0, 0.1) is 12.4 Å². The Morgan fingerprint density at radius 3 is 2.47 bits per heavy atom. The van der Waals surface area contributed by atoms with Crippen molar-refractivity contribution >= 4 is 11.6 Å². The van der Waals surface area contributed by atoms with Gasteiger partial charge in [-0.15, -0.1) is 0 Å². The molecule has 0 saturated carbocycles. The maximum Gasteiger partial charge on any atom is 0.260 e. The summed E-state index contributed by atoms with van der Waals surface area (Å²) in [6.07, 6.45) is 1.88. The third-order valence-corrected chi connectivity index (χ3v) is 6.12. The Balaban J connectivity index is 1.80. The van der Waals surface area contributed by atoms with Crippen LogP contribution in [0.4, 0.5) is 16.0 Å². The third kappa shape index (κ3) is 4.78. The fraction of sp³-hybridized carbons (Fsp3) is 0.320. The van der Waals surface area contributed by atoms with Crippen LogP contribution in [-0.4, -0.2) is 60.0 Å². The van der Waals surface area contributed by atoms with E-state index in [9.17, 15) is 9.18 Å². The Kier molecular flexibility index (Phi) is 6.91. The number of halogens is 1. The van der Waals surface area contributed by atoms with Crippen molar-refractivity contribution in [3.8, 4) is 28.1 Å². The second-order valence-corrected chi connectivity index (χ2v) is 8.37. The van der Waals surface area contributed by atoms with Gasteiger partial charge < -0.3 is 19.6 Å². The highest BCUT2D eigenvalue weighted by Gasteiger charge is 2.24. The number of ether oxygens (including phenoxy) is 1. The first-order chi connectivity index (χ1) is 16.4. The van der Waals surface area contributed by atoms with Crippen LogP contribution in [0.1, 0.15) is 12.8 Å². The van der Waals surface area contributed by atoms with Crippen molar-refractivity contribution in [3.05, 3.63) is 70.1 Å². The molecular weight excluding hydrogens is 437 g/mol. The molecule has 0 bridgehead atoms. The molecule has 8 nitrogen and oxygen atoms in total. The summed E-state index contributed by atoms with van der Waals surface area (Å²) in [7, 11) is 4.12. The lowest BCUT2D eigenvalue weighted by Gasteiger charge is -2.35. The number of nitrogens with zero attached hydrogens (tertiary/aromatic N) is 4. The summed E-state index contributed by atoms with van der Waals surface area (Å²) in [5.41, 5.74) is 1.16. The van der Waals surface area contributed by atoms with Crippen molar-refractivity contribution in [2.24, 2.45) is 0 Å². The zero-order valence-corrected chi connectivity index (χ0v) is 19.1. The highest BCUT2D eigenvalue weighted by Crippen LogP contribution is 2.33. The standard InChI is InChI=1S/C25H26FN5O3/c1-27-21-9-6-17(14-20(21)26)23-22(16-4-7-19(8-5-16)34-15-32)24(33)29-25(28-23)31-12-10-18(11-13-31)30(2)3/h4-9,14,18,32H,10-13,15H2,2-3H3,(H,28,29,33). The molecule has 0 aliphatic carbocycles. The van der Waals surface area contributed by atoms with Gasteiger partial charge in [-0.2, -0.15) is 0 Å². The Morgan fingerprint density at radius 2 is 1.88 bits per heavy atom. The fourth-order valence-corrected chi connectivity index (χ4v) is 4.22. The van der Waals surface area contributed by atoms with Gasteiger partial charge in [0.05, 0.1) is 17.8 Å². The van der Waals surface area contributed by atoms with Gasteiger partial charge in [0.1, 0.15) is 11.6 Å². The zero-order chi connectivity index (χ0) is 24.2. The number of hydrogen-bond acceptors (Lipinski definition) is 6. The summed E-state index contributed by atoms with van der Waals surface area (Å²) in [6, 6.07) is 11.4. The predicted octanol–water partition coefficient (Wildman–Crippen LogP) is 3.65. The van der Waals surface area contributed by atoms with Crippen molar-refractivity contribution < 1.29 is 14.2 Å². The molecule has 0 atom stereocenters. The quantitative estimate of drug-likeness (QED) is 0.429. The zero-order valence-electron chi connectivity index (χ0n) is 19.1. The van der Waals surface area contributed by atoms with Crippen LogP contribution in [-0.2, 0) is 0 Å². The first-order valence-corrected chi connectivity index (χ1v) is 11.0. The Bertz CT molecular complexity index is 1260. The molecule has 0 spiro atoms. The van der Waals surface area contributed by atoms with Gasteiger partial charge in [-0.25, -0.2) is 14.2 Å². The van der Waals surface area contributed by atoms with Gasteiger partial charge in [-0.05, 0) is 50.7 Å². The number of rotatable bonds is 6. The minimum absolute atomic E-state index is 0.0911. The summed E-state index contributed by atoms with van der Waals surface area (Å²) in [5.74, 6) is 0.224. The number of aliphatic hydroxyl groups is 1. The van der Waals surface area contributed by atoms with E-state index in [1.807, 2.05) is 4.90 Å². The van der Waals surface area contributed by atoms with Gasteiger partial charge in [-0.1, -0.05) is 24.3 Å². The summed E-state index contributed by atoms with van der Waals surface area (Å²) < 4.78 is 19.6. The van der Waals surface area contributed by atoms with E-state index in [4.69, 9.17) is 21.4 Å². The van der Waals surface area contributed by atoms with E-state index in [1.165, 1.54) is 12.1 Å². The molecular formula is C25H26FN5O3. The number of aliphatic hydroxyl groups excluding tert-OH is 1. The second-order valence-electron chi connectivity index (χ2n) is 8.37. The molecule has 176 valence electrons. The molecule has 0 amide bonds. The van der Waals surface area contributed by atoms with Crippen LogP contribution in [0.5, 0.6) is 5.75 Å². The van der Waals surface area contributed by atoms with Crippen LogP contribution in [0.25, 0.3) is 27.2 Å². The van der Waals surface area contributed by atoms with E-state index in [0.29, 0.717) is 34.6 Å². The number of anilines is 1. The van der Waals surface area contributed by atoms with Crippen LogP contribution in [0.2, 0.25) is 0 Å². The van der Waals surface area contributed by atoms with Crippen molar-refractivity contribution in [2.45, 2.75) is 18.9 Å². The third-order valence-electron chi connectivity index (χ3n) is 6.12. The first kappa shape index (κ1) is 23.4. The largest absolute Gasteiger partial charge is 0.468 e. The van der Waals surface area contributed by atoms with Crippen molar-refractivity contribution in [1.29, 1.82) is 0 Å². The van der Waals surface area contributed by atoms with E-state index >= 15 is 0 Å². The SMILES string of the molecule is [C-]#[N+]c1ccc(-c2nc(N3CCC(N(C)C)CC3)[nH]c(=O)c2-c2ccc(OCO)cc2)cc1F. The second kappa shape index (κ2) is 10.0. The number of benzene rings is 2. The highest BCUT2D eigenvalue weighted by atomic mass is 19.1. The predicted molar refractivity (Wildman–Crippen MR) is 129 cm³/mol. The average Bonchev–Trinajstić information content (AvgIpc) is 2.84. The highest BCUT2D eigenvalue weighted by molar-refractivity contribution is 5.81. The van der Waals surface area contributed by atoms with Crippen LogP contribution in [0.15, 0.2) is 47.3 Å². The molecule has 9 heteroatoms. The molecule has 0 unspecified atom stereocenters. The molecule has 2 heterocycles. The van der Waals surface area contributed by atoms with Gasteiger partial charge >= 0.3 is 0 Å². The smallest absolute Gasteiger partial charge is 0.260 e. The first-order valence-electron chi connectivity index (χ1n) is 11.0. The van der Waals surface area contributed by atoms with Gasteiger partial charge in [0, 0.05) is 24.7 Å². The normalized spacial score (nSPS) is 14.3. The summed E-state index contributed by atoms with van der Waals surface area (Å²) in [5, 5.41) is 8.96. The topological polar surface area (TPSA) is 86.1 Å². The van der Waals surface area contributed by atoms with Crippen LogP contribution in [0.3, 0.4) is 0 Å². The van der Waals surface area contributed by atoms with E-state index in [0.717, 1.165) is 25.9 Å².